The number of nitrogens with zero attached hydrogens (tertiary/aromatic N) is 1. The molecular formula is C14H17NO2. The fourth-order valence-electron chi connectivity index (χ4n) is 2.20. The quantitative estimate of drug-likeness (QED) is 0.879. The SMILES string of the molecule is CCc1ccc2c(c1)c(CC)cn2CC(=O)O. The van der Waals surface area contributed by atoms with Gasteiger partial charge in [-0.05, 0) is 36.1 Å². The van der Waals surface area contributed by atoms with Gasteiger partial charge in [-0.15, -0.1) is 0 Å². The molecular weight excluding hydrogens is 214 g/mol. The van der Waals surface area contributed by atoms with Gasteiger partial charge in [-0.3, -0.25) is 4.79 Å². The summed E-state index contributed by atoms with van der Waals surface area (Å²) < 4.78 is 1.82. The van der Waals surface area contributed by atoms with Crippen molar-refractivity contribution < 1.29 is 9.90 Å². The van der Waals surface area contributed by atoms with E-state index in [0.717, 1.165) is 18.4 Å². The first-order valence-corrected chi connectivity index (χ1v) is 5.98. The van der Waals surface area contributed by atoms with Crippen LogP contribution in [0.15, 0.2) is 24.4 Å². The van der Waals surface area contributed by atoms with Crippen LogP contribution in [0.4, 0.5) is 0 Å². The van der Waals surface area contributed by atoms with Crippen molar-refractivity contribution >= 4 is 16.9 Å². The first-order valence-electron chi connectivity index (χ1n) is 5.98. The molecule has 0 spiro atoms. The van der Waals surface area contributed by atoms with Crippen LogP contribution in [0.3, 0.4) is 0 Å². The number of hydrogen-bond donors (Lipinski definition) is 1. The Morgan fingerprint density at radius 2 is 2.06 bits per heavy atom. The van der Waals surface area contributed by atoms with Gasteiger partial charge < -0.3 is 9.67 Å². The molecule has 0 bridgehead atoms. The summed E-state index contributed by atoms with van der Waals surface area (Å²) in [6, 6.07) is 6.27. The van der Waals surface area contributed by atoms with Gasteiger partial charge in [0.15, 0.2) is 0 Å². The Balaban J connectivity index is 2.59. The van der Waals surface area contributed by atoms with Crippen molar-refractivity contribution in [2.75, 3.05) is 0 Å². The molecule has 0 saturated heterocycles. The minimum Gasteiger partial charge on any atom is -0.480 e. The number of aryl methyl sites for hydroxylation is 2. The second-order valence-electron chi connectivity index (χ2n) is 4.23. The second kappa shape index (κ2) is 4.62. The van der Waals surface area contributed by atoms with E-state index in [1.54, 1.807) is 0 Å². The molecule has 1 heterocycles. The molecule has 0 saturated carbocycles. The predicted molar refractivity (Wildman–Crippen MR) is 68.3 cm³/mol. The molecule has 1 aromatic carbocycles. The third kappa shape index (κ3) is 2.18. The molecule has 0 amide bonds. The van der Waals surface area contributed by atoms with Gasteiger partial charge in [0.2, 0.25) is 0 Å². The van der Waals surface area contributed by atoms with E-state index in [-0.39, 0.29) is 6.54 Å². The zero-order chi connectivity index (χ0) is 12.4. The van der Waals surface area contributed by atoms with Crippen molar-refractivity contribution in [2.45, 2.75) is 33.2 Å². The van der Waals surface area contributed by atoms with E-state index in [1.165, 1.54) is 16.5 Å². The van der Waals surface area contributed by atoms with Gasteiger partial charge in [-0.1, -0.05) is 19.9 Å². The lowest BCUT2D eigenvalue weighted by molar-refractivity contribution is -0.137. The first kappa shape index (κ1) is 11.7. The van der Waals surface area contributed by atoms with Crippen molar-refractivity contribution in [3.8, 4) is 0 Å². The van der Waals surface area contributed by atoms with E-state index in [1.807, 2.05) is 16.8 Å². The highest BCUT2D eigenvalue weighted by molar-refractivity contribution is 5.86. The lowest BCUT2D eigenvalue weighted by Gasteiger charge is -2.02. The fraction of sp³-hybridized carbons (Fsp3) is 0.357. The third-order valence-electron chi connectivity index (χ3n) is 3.12. The number of fused-ring (bicyclic) bond motifs is 1. The van der Waals surface area contributed by atoms with Crippen molar-refractivity contribution in [3.63, 3.8) is 0 Å². The second-order valence-corrected chi connectivity index (χ2v) is 4.23. The van der Waals surface area contributed by atoms with E-state index in [2.05, 4.69) is 26.0 Å². The molecule has 1 aromatic heterocycles. The largest absolute Gasteiger partial charge is 0.480 e. The monoisotopic (exact) mass is 231 g/mol. The van der Waals surface area contributed by atoms with Crippen LogP contribution in [-0.4, -0.2) is 15.6 Å². The molecule has 0 aliphatic carbocycles. The van der Waals surface area contributed by atoms with Crippen LogP contribution in [0.5, 0.6) is 0 Å². The molecule has 0 radical (unpaired) electrons. The summed E-state index contributed by atoms with van der Waals surface area (Å²) in [4.78, 5) is 10.8. The van der Waals surface area contributed by atoms with E-state index in [0.29, 0.717) is 0 Å². The normalized spacial score (nSPS) is 10.9. The Morgan fingerprint density at radius 1 is 1.29 bits per heavy atom. The number of carboxylic acid groups (broad SMARTS) is 1. The number of aromatic nitrogens is 1. The molecule has 17 heavy (non-hydrogen) atoms. The third-order valence-corrected chi connectivity index (χ3v) is 3.12. The van der Waals surface area contributed by atoms with E-state index in [9.17, 15) is 4.79 Å². The Labute approximate surface area is 101 Å². The molecule has 3 nitrogen and oxygen atoms in total. The molecule has 90 valence electrons. The zero-order valence-electron chi connectivity index (χ0n) is 10.2. The Bertz CT molecular complexity index is 555. The Kier molecular flexibility index (Phi) is 3.18. The summed E-state index contributed by atoms with van der Waals surface area (Å²) in [6.07, 6.45) is 3.89. The van der Waals surface area contributed by atoms with Crippen LogP contribution in [0.25, 0.3) is 10.9 Å². The molecule has 0 aliphatic heterocycles. The summed E-state index contributed by atoms with van der Waals surface area (Å²) in [5.74, 6) is -0.802. The van der Waals surface area contributed by atoms with Crippen molar-refractivity contribution in [1.29, 1.82) is 0 Å². The smallest absolute Gasteiger partial charge is 0.323 e. The zero-order valence-corrected chi connectivity index (χ0v) is 10.2. The van der Waals surface area contributed by atoms with Gasteiger partial charge in [0, 0.05) is 17.1 Å². The molecule has 2 aromatic rings. The van der Waals surface area contributed by atoms with Crippen LogP contribution < -0.4 is 0 Å². The summed E-state index contributed by atoms with van der Waals surface area (Å²) in [6.45, 7) is 4.25. The van der Waals surface area contributed by atoms with Crippen LogP contribution in [0.1, 0.15) is 25.0 Å². The molecule has 0 unspecified atom stereocenters. The average Bonchev–Trinajstić information content (AvgIpc) is 2.66. The topological polar surface area (TPSA) is 42.2 Å². The van der Waals surface area contributed by atoms with E-state index >= 15 is 0 Å². The standard InChI is InChI=1S/C14H17NO2/c1-3-10-5-6-13-12(7-10)11(4-2)8-15(13)9-14(16)17/h5-8H,3-4,9H2,1-2H3,(H,16,17). The highest BCUT2D eigenvalue weighted by Crippen LogP contribution is 2.23. The highest BCUT2D eigenvalue weighted by Gasteiger charge is 2.09. The summed E-state index contributed by atoms with van der Waals surface area (Å²) in [5, 5.41) is 10.1. The molecule has 1 N–H and O–H groups in total. The van der Waals surface area contributed by atoms with Gasteiger partial charge in [0.1, 0.15) is 6.54 Å². The number of carbonyl (C=O) groups is 1. The number of carboxylic acids is 1. The summed E-state index contributed by atoms with van der Waals surface area (Å²) in [7, 11) is 0. The maximum atomic E-state index is 10.8. The predicted octanol–water partition coefficient (Wildman–Crippen LogP) is 2.85. The fourth-order valence-corrected chi connectivity index (χ4v) is 2.20. The van der Waals surface area contributed by atoms with Gasteiger partial charge in [-0.25, -0.2) is 0 Å². The first-order chi connectivity index (χ1) is 8.15. The maximum Gasteiger partial charge on any atom is 0.323 e. The van der Waals surface area contributed by atoms with Crippen molar-refractivity contribution in [1.82, 2.24) is 4.57 Å². The van der Waals surface area contributed by atoms with Crippen molar-refractivity contribution in [2.24, 2.45) is 0 Å². The van der Waals surface area contributed by atoms with Gasteiger partial charge in [0.05, 0.1) is 0 Å². The number of benzene rings is 1. The summed E-state index contributed by atoms with van der Waals surface area (Å²) in [5.41, 5.74) is 3.53. The minimum atomic E-state index is -0.802. The number of aliphatic carboxylic acids is 1. The maximum absolute atomic E-state index is 10.8. The average molecular weight is 231 g/mol. The number of hydrogen-bond acceptors (Lipinski definition) is 1. The van der Waals surface area contributed by atoms with E-state index < -0.39 is 5.97 Å². The minimum absolute atomic E-state index is 0.0297. The molecule has 0 aliphatic rings. The van der Waals surface area contributed by atoms with Gasteiger partial charge in [-0.2, -0.15) is 0 Å². The Morgan fingerprint density at radius 3 is 2.65 bits per heavy atom. The van der Waals surface area contributed by atoms with Crippen LogP contribution in [-0.2, 0) is 24.2 Å². The van der Waals surface area contributed by atoms with Crippen LogP contribution in [0, 0.1) is 0 Å². The molecule has 2 rings (SSSR count). The van der Waals surface area contributed by atoms with Crippen LogP contribution in [0.2, 0.25) is 0 Å². The molecule has 0 atom stereocenters. The van der Waals surface area contributed by atoms with Gasteiger partial charge in [0.25, 0.3) is 0 Å². The Hall–Kier alpha value is -1.77. The number of rotatable bonds is 4. The molecule has 3 heteroatoms. The van der Waals surface area contributed by atoms with Crippen LogP contribution >= 0.6 is 0 Å². The highest BCUT2D eigenvalue weighted by atomic mass is 16.4. The lowest BCUT2D eigenvalue weighted by atomic mass is 10.1. The van der Waals surface area contributed by atoms with Gasteiger partial charge >= 0.3 is 5.97 Å². The summed E-state index contributed by atoms with van der Waals surface area (Å²) >= 11 is 0. The van der Waals surface area contributed by atoms with Crippen molar-refractivity contribution in [3.05, 3.63) is 35.5 Å². The molecule has 0 fully saturated rings. The lowest BCUT2D eigenvalue weighted by Crippen LogP contribution is -2.07. The van der Waals surface area contributed by atoms with E-state index in [4.69, 9.17) is 5.11 Å².